The number of benzene rings is 3. The molecule has 2 nitrogen and oxygen atoms in total. The van der Waals surface area contributed by atoms with Crippen LogP contribution in [-0.2, 0) is 9.53 Å². The Hall–Kier alpha value is -1.36. The Balaban J connectivity index is 0.00000320. The van der Waals surface area contributed by atoms with Gasteiger partial charge in [0.2, 0.25) is 0 Å². The van der Waals surface area contributed by atoms with Crippen LogP contribution in [0.4, 0.5) is 0 Å². The second kappa shape index (κ2) is 12.5. The average Bonchev–Trinajstić information content (AvgIpc) is 2.80. The van der Waals surface area contributed by atoms with Crippen LogP contribution >= 0.6 is 19.0 Å². The Morgan fingerprint density at radius 3 is 1.57 bits per heavy atom. The number of thioether (sulfide) groups is 1. The van der Waals surface area contributed by atoms with Crippen LogP contribution < -0.4 is 39.9 Å². The number of hydrogen-bond acceptors (Lipinski definition) is 3. The van der Waals surface area contributed by atoms with Crippen molar-refractivity contribution in [2.75, 3.05) is 18.6 Å². The third-order valence-corrected chi connectivity index (χ3v) is 11.3. The second-order valence-electron chi connectivity index (χ2n) is 6.82. The van der Waals surface area contributed by atoms with E-state index in [-0.39, 0.29) is 35.6 Å². The van der Waals surface area contributed by atoms with Crippen molar-refractivity contribution in [3.8, 4) is 0 Å². The summed E-state index contributed by atoms with van der Waals surface area (Å²) in [6.45, 7) is 2.17. The van der Waals surface area contributed by atoms with Gasteiger partial charge in [0.05, 0.1) is 13.5 Å². The minimum Gasteiger partial charge on any atom is -1.00 e. The van der Waals surface area contributed by atoms with E-state index in [4.69, 9.17) is 4.74 Å². The van der Waals surface area contributed by atoms with Gasteiger partial charge < -0.3 is 28.7 Å². The molecular weight excluding hydrogens is 522 g/mol. The summed E-state index contributed by atoms with van der Waals surface area (Å²) in [5.74, 6) is 1.80. The molecular formula is C25H28IO2PS. The summed E-state index contributed by atoms with van der Waals surface area (Å²) in [5, 5.41) is 3.93. The number of halogens is 1. The highest BCUT2D eigenvalue weighted by Gasteiger charge is 2.52. The van der Waals surface area contributed by atoms with Crippen LogP contribution in [0.3, 0.4) is 0 Å². The van der Waals surface area contributed by atoms with Crippen molar-refractivity contribution in [2.45, 2.75) is 19.0 Å². The lowest BCUT2D eigenvalue weighted by Gasteiger charge is -2.34. The molecule has 30 heavy (non-hydrogen) atoms. The third kappa shape index (κ3) is 5.46. The number of methoxy groups -OCH3 is 1. The lowest BCUT2D eigenvalue weighted by molar-refractivity contribution is -0.140. The molecule has 0 amide bonds. The van der Waals surface area contributed by atoms with Crippen LogP contribution in [0.5, 0.6) is 0 Å². The molecule has 158 valence electrons. The zero-order valence-electron chi connectivity index (χ0n) is 17.4. The summed E-state index contributed by atoms with van der Waals surface area (Å²) in [5.41, 5.74) is 0.159. The molecule has 0 fully saturated rings. The molecule has 3 aromatic rings. The maximum Gasteiger partial charge on any atom is 0.309 e. The van der Waals surface area contributed by atoms with Crippen LogP contribution in [0.15, 0.2) is 91.0 Å². The average molecular weight is 550 g/mol. The van der Waals surface area contributed by atoms with Crippen molar-refractivity contribution in [3.05, 3.63) is 91.0 Å². The molecule has 3 rings (SSSR count). The van der Waals surface area contributed by atoms with Crippen molar-refractivity contribution >= 4 is 40.9 Å². The largest absolute Gasteiger partial charge is 1.00 e. The zero-order chi connectivity index (χ0) is 20.5. The first-order valence-electron chi connectivity index (χ1n) is 9.93. The molecule has 1 atom stereocenters. The van der Waals surface area contributed by atoms with E-state index in [2.05, 4.69) is 97.9 Å². The molecule has 0 spiro atoms. The molecule has 0 bridgehead atoms. The Morgan fingerprint density at radius 1 is 0.833 bits per heavy atom. The van der Waals surface area contributed by atoms with Gasteiger partial charge in [0.1, 0.15) is 28.8 Å². The fourth-order valence-corrected chi connectivity index (χ4v) is 10.3. The number of carbonyl (C=O) groups is 1. The summed E-state index contributed by atoms with van der Waals surface area (Å²) in [7, 11) is -0.596. The van der Waals surface area contributed by atoms with Gasteiger partial charge in [0, 0.05) is 5.75 Å². The summed E-state index contributed by atoms with van der Waals surface area (Å²) in [6, 6.07) is 32.2. The molecule has 1 unspecified atom stereocenters. The minimum atomic E-state index is -2.08. The normalized spacial score (nSPS) is 11.9. The van der Waals surface area contributed by atoms with E-state index >= 15 is 0 Å². The van der Waals surface area contributed by atoms with E-state index in [1.165, 1.54) is 23.0 Å². The molecule has 0 saturated carbocycles. The number of ether oxygens (including phenoxy) is 1. The van der Waals surface area contributed by atoms with E-state index in [0.29, 0.717) is 6.42 Å². The number of hydrogen-bond donors (Lipinski definition) is 0. The Morgan fingerprint density at radius 2 is 1.23 bits per heavy atom. The monoisotopic (exact) mass is 550 g/mol. The standard InChI is InChI=1S/C25H28O2PS.HI/c1-3-29-20-24(19-25(26)27-2)28(21-13-7-4-8-14-21,22-15-9-5-10-16-22)23-17-11-6-12-18-23;/h4-18,24H,3,19-20H2,1-2H3;1H/q+1;/p-1. The van der Waals surface area contributed by atoms with Crippen molar-refractivity contribution in [2.24, 2.45) is 0 Å². The van der Waals surface area contributed by atoms with Gasteiger partial charge in [-0.15, -0.1) is 0 Å². The van der Waals surface area contributed by atoms with Crippen LogP contribution in [-0.4, -0.2) is 30.2 Å². The zero-order valence-corrected chi connectivity index (χ0v) is 21.3. The molecule has 0 saturated heterocycles. The fourth-order valence-electron chi connectivity index (χ4n) is 3.91. The molecule has 0 N–H and O–H groups in total. The predicted octanol–water partition coefficient (Wildman–Crippen LogP) is 1.67. The third-order valence-electron chi connectivity index (χ3n) is 5.18. The first kappa shape index (κ1) is 24.9. The topological polar surface area (TPSA) is 26.3 Å². The van der Waals surface area contributed by atoms with E-state index in [1.54, 1.807) is 0 Å². The van der Waals surface area contributed by atoms with E-state index in [9.17, 15) is 4.79 Å². The Bertz CT molecular complexity index is 794. The minimum absolute atomic E-state index is 0. The molecule has 0 aliphatic carbocycles. The molecule has 0 aliphatic rings. The molecule has 0 aromatic heterocycles. The van der Waals surface area contributed by atoms with Gasteiger partial charge in [0.25, 0.3) is 0 Å². The Labute approximate surface area is 202 Å². The van der Waals surface area contributed by atoms with Gasteiger partial charge in [-0.2, -0.15) is 11.8 Å². The van der Waals surface area contributed by atoms with E-state index < -0.39 is 7.26 Å². The summed E-state index contributed by atoms with van der Waals surface area (Å²) >= 11 is 1.90. The smallest absolute Gasteiger partial charge is 0.309 e. The second-order valence-corrected chi connectivity index (χ2v) is 11.9. The summed E-state index contributed by atoms with van der Waals surface area (Å²) in [4.78, 5) is 12.5. The maximum absolute atomic E-state index is 12.5. The maximum atomic E-state index is 12.5. The first-order valence-corrected chi connectivity index (χ1v) is 12.9. The van der Waals surface area contributed by atoms with Crippen LogP contribution in [0.1, 0.15) is 13.3 Å². The molecule has 5 heteroatoms. The van der Waals surface area contributed by atoms with Gasteiger partial charge in [-0.1, -0.05) is 61.5 Å². The fraction of sp³-hybridized carbons (Fsp3) is 0.240. The van der Waals surface area contributed by atoms with Crippen LogP contribution in [0, 0.1) is 0 Å². The SMILES string of the molecule is CCSCC(CC(=O)OC)[P+](c1ccccc1)(c1ccccc1)c1ccccc1.[I-]. The quantitative estimate of drug-likeness (QED) is 0.231. The lowest BCUT2D eigenvalue weighted by Crippen LogP contribution is -3.00. The van der Waals surface area contributed by atoms with Gasteiger partial charge in [-0.25, -0.2) is 0 Å². The molecule has 0 radical (unpaired) electrons. The lowest BCUT2D eigenvalue weighted by atomic mass is 10.3. The predicted molar refractivity (Wildman–Crippen MR) is 129 cm³/mol. The van der Waals surface area contributed by atoms with Crippen molar-refractivity contribution < 1.29 is 33.5 Å². The van der Waals surface area contributed by atoms with Crippen molar-refractivity contribution in [1.29, 1.82) is 0 Å². The van der Waals surface area contributed by atoms with Crippen LogP contribution in [0.25, 0.3) is 0 Å². The van der Waals surface area contributed by atoms with Crippen molar-refractivity contribution in [1.82, 2.24) is 0 Å². The summed E-state index contributed by atoms with van der Waals surface area (Å²) < 4.78 is 5.13. The van der Waals surface area contributed by atoms with E-state index in [0.717, 1.165) is 11.5 Å². The van der Waals surface area contributed by atoms with Crippen LogP contribution in [0.2, 0.25) is 0 Å². The highest BCUT2D eigenvalue weighted by Crippen LogP contribution is 2.61. The molecule has 0 heterocycles. The van der Waals surface area contributed by atoms with Gasteiger partial charge in [0.15, 0.2) is 0 Å². The molecule has 3 aromatic carbocycles. The highest BCUT2D eigenvalue weighted by atomic mass is 127. The van der Waals surface area contributed by atoms with Crippen molar-refractivity contribution in [3.63, 3.8) is 0 Å². The highest BCUT2D eigenvalue weighted by molar-refractivity contribution is 8.01. The first-order chi connectivity index (χ1) is 14.2. The van der Waals surface area contributed by atoms with Gasteiger partial charge >= 0.3 is 5.97 Å². The molecule has 0 aliphatic heterocycles. The van der Waals surface area contributed by atoms with E-state index in [1.807, 2.05) is 11.8 Å². The number of esters is 1. The summed E-state index contributed by atoms with van der Waals surface area (Å²) in [6.07, 6.45) is 0.413. The number of rotatable bonds is 9. The number of carbonyl (C=O) groups excluding carboxylic acids is 1. The van der Waals surface area contributed by atoms with Gasteiger partial charge in [-0.3, -0.25) is 4.79 Å². The van der Waals surface area contributed by atoms with Gasteiger partial charge in [-0.05, 0) is 42.2 Å². The Kier molecular flexibility index (Phi) is 10.4.